The number of nitriles is 1. The molecular formula is C35H44N5O11P. The summed E-state index contributed by atoms with van der Waals surface area (Å²) in [5.74, 6) is -3.26. The Balaban J connectivity index is 1.52. The Hall–Kier alpha value is -4.52. The molecule has 2 aliphatic heterocycles. The van der Waals surface area contributed by atoms with E-state index in [-0.39, 0.29) is 11.9 Å². The highest BCUT2D eigenvalue weighted by atomic mass is 31.2. The number of carbonyl (C=O) groups is 3. The van der Waals surface area contributed by atoms with Crippen molar-refractivity contribution in [1.82, 2.24) is 14.7 Å². The lowest BCUT2D eigenvalue weighted by atomic mass is 9.95. The molecule has 17 heteroatoms. The van der Waals surface area contributed by atoms with Crippen molar-refractivity contribution >= 4 is 36.9 Å². The standard InChI is InChI=1S/C35H44N5O11P/c1-21(2)32(41)48-30-29(28-12-11-27-26(37)13-16-38-40(27)28)50-35(19-36,31(30)49-33(42)22(3)4)20-46-52(44,51-25-9-7-6-8-10-25)39-23(5)34(43)47-24-14-17-45-18-15-24/h6-13,16,21-24,29-31H,14-15,17-18,20,37H2,1-5H3,(H,39,44)/t23-,29-,30-,31-,35+,52+/m0/s1. The largest absolute Gasteiger partial charge is 0.461 e. The second-order valence-electron chi connectivity index (χ2n) is 13.2. The number of nitrogen functional groups attached to an aromatic ring is 1. The zero-order chi connectivity index (χ0) is 37.6. The van der Waals surface area contributed by atoms with Gasteiger partial charge in [0.1, 0.15) is 36.7 Å². The summed E-state index contributed by atoms with van der Waals surface area (Å²) in [6, 6.07) is 13.8. The molecule has 0 spiro atoms. The number of nitrogens with one attached hydrogen (secondary N) is 1. The number of hydrogen-bond donors (Lipinski definition) is 2. The molecule has 0 amide bonds. The normalized spacial score (nSPS) is 23.8. The van der Waals surface area contributed by atoms with Gasteiger partial charge in [-0.15, -0.1) is 0 Å². The number of carbonyl (C=O) groups excluding carboxylic acids is 3. The molecule has 0 radical (unpaired) electrons. The van der Waals surface area contributed by atoms with Crippen molar-refractivity contribution in [2.24, 2.45) is 11.8 Å². The molecule has 16 nitrogen and oxygen atoms in total. The molecule has 1 aromatic carbocycles. The number of ether oxygens (including phenoxy) is 5. The predicted molar refractivity (Wildman–Crippen MR) is 184 cm³/mol. The molecule has 2 aliphatic rings. The van der Waals surface area contributed by atoms with Gasteiger partial charge in [-0.05, 0) is 37.3 Å². The van der Waals surface area contributed by atoms with Crippen LogP contribution in [0.4, 0.5) is 5.69 Å². The van der Waals surface area contributed by atoms with Crippen LogP contribution in [0.2, 0.25) is 0 Å². The molecule has 0 saturated carbocycles. The number of para-hydroxylation sites is 1. The fourth-order valence-corrected chi connectivity index (χ4v) is 7.10. The van der Waals surface area contributed by atoms with Crippen LogP contribution < -0.4 is 15.3 Å². The maximum Gasteiger partial charge on any atom is 0.459 e. The highest BCUT2D eigenvalue weighted by Crippen LogP contribution is 2.50. The van der Waals surface area contributed by atoms with Gasteiger partial charge in [-0.25, -0.2) is 9.08 Å². The molecular weight excluding hydrogens is 697 g/mol. The Labute approximate surface area is 301 Å². The Bertz CT molecular complexity index is 1820. The monoisotopic (exact) mass is 741 g/mol. The van der Waals surface area contributed by atoms with Gasteiger partial charge >= 0.3 is 25.7 Å². The predicted octanol–water partition coefficient (Wildman–Crippen LogP) is 4.29. The summed E-state index contributed by atoms with van der Waals surface area (Å²) in [6.07, 6.45) is -2.18. The molecule has 280 valence electrons. The number of esters is 3. The van der Waals surface area contributed by atoms with Crippen molar-refractivity contribution in [3.8, 4) is 11.8 Å². The summed E-state index contributed by atoms with van der Waals surface area (Å²) in [5, 5.41) is 17.8. The van der Waals surface area contributed by atoms with Gasteiger partial charge in [-0.2, -0.15) is 15.4 Å². The highest BCUT2D eigenvalue weighted by Gasteiger charge is 2.62. The Morgan fingerprint density at radius 2 is 1.67 bits per heavy atom. The fourth-order valence-electron chi connectivity index (χ4n) is 5.58. The van der Waals surface area contributed by atoms with Crippen molar-refractivity contribution in [1.29, 1.82) is 5.26 Å². The van der Waals surface area contributed by atoms with E-state index in [1.165, 1.54) is 29.8 Å². The second-order valence-corrected chi connectivity index (χ2v) is 14.9. The van der Waals surface area contributed by atoms with Crippen molar-refractivity contribution in [2.75, 3.05) is 25.6 Å². The first-order valence-electron chi connectivity index (χ1n) is 17.0. The summed E-state index contributed by atoms with van der Waals surface area (Å²) in [7, 11) is -4.57. The molecule has 2 fully saturated rings. The number of nitrogens with zero attached hydrogens (tertiary/aromatic N) is 3. The summed E-state index contributed by atoms with van der Waals surface area (Å²) < 4.78 is 56.9. The minimum absolute atomic E-state index is 0.120. The van der Waals surface area contributed by atoms with Crippen LogP contribution in [-0.4, -0.2) is 77.3 Å². The van der Waals surface area contributed by atoms with Crippen LogP contribution >= 0.6 is 7.75 Å². The molecule has 2 aromatic heterocycles. The SMILES string of the molecule is CC(C)C(=O)O[C@H]1[C@H](c2ccc3c(N)ccnn23)O[C@](C#N)(CO[P@](=O)(N[C@@H](C)C(=O)OC2CCOCC2)Oc2ccccc2)[C@H]1OC(=O)C(C)C. The van der Waals surface area contributed by atoms with Crippen molar-refractivity contribution in [3.63, 3.8) is 0 Å². The van der Waals surface area contributed by atoms with E-state index in [0.29, 0.717) is 43.0 Å². The molecule has 4 heterocycles. The third-order valence-corrected chi connectivity index (χ3v) is 10.1. The number of fused-ring (bicyclic) bond motifs is 1. The van der Waals surface area contributed by atoms with Gasteiger partial charge < -0.3 is 33.9 Å². The molecule has 0 unspecified atom stereocenters. The first kappa shape index (κ1) is 38.7. The van der Waals surface area contributed by atoms with Crippen LogP contribution in [0.15, 0.2) is 54.7 Å². The minimum Gasteiger partial charge on any atom is -0.461 e. The van der Waals surface area contributed by atoms with E-state index in [2.05, 4.69) is 10.2 Å². The van der Waals surface area contributed by atoms with E-state index in [1.54, 1.807) is 64.1 Å². The average molecular weight is 742 g/mol. The van der Waals surface area contributed by atoms with Crippen LogP contribution in [0.1, 0.15) is 59.3 Å². The molecule has 2 saturated heterocycles. The molecule has 52 heavy (non-hydrogen) atoms. The quantitative estimate of drug-likeness (QED) is 0.134. The minimum atomic E-state index is -4.57. The lowest BCUT2D eigenvalue weighted by Gasteiger charge is -2.31. The lowest BCUT2D eigenvalue weighted by Crippen LogP contribution is -2.50. The Morgan fingerprint density at radius 3 is 2.33 bits per heavy atom. The Kier molecular flexibility index (Phi) is 12.2. The average Bonchev–Trinajstić information content (AvgIpc) is 3.68. The van der Waals surface area contributed by atoms with Crippen LogP contribution in [-0.2, 0) is 47.2 Å². The molecule has 0 bridgehead atoms. The zero-order valence-corrected chi connectivity index (χ0v) is 30.5. The van der Waals surface area contributed by atoms with Gasteiger partial charge in [-0.3, -0.25) is 18.9 Å². The van der Waals surface area contributed by atoms with Crippen LogP contribution in [0.3, 0.4) is 0 Å². The smallest absolute Gasteiger partial charge is 0.459 e. The second kappa shape index (κ2) is 16.4. The molecule has 6 atom stereocenters. The first-order valence-corrected chi connectivity index (χ1v) is 18.6. The van der Waals surface area contributed by atoms with Crippen LogP contribution in [0.25, 0.3) is 5.52 Å². The number of aromatic nitrogens is 2. The third kappa shape index (κ3) is 8.74. The van der Waals surface area contributed by atoms with Crippen molar-refractivity contribution in [2.45, 2.75) is 83.5 Å². The van der Waals surface area contributed by atoms with Gasteiger partial charge in [0.05, 0.1) is 41.9 Å². The third-order valence-electron chi connectivity index (χ3n) is 8.50. The van der Waals surface area contributed by atoms with E-state index in [9.17, 15) is 24.2 Å². The number of rotatable bonds is 14. The summed E-state index contributed by atoms with van der Waals surface area (Å²) in [6.45, 7) is 7.89. The highest BCUT2D eigenvalue weighted by molar-refractivity contribution is 7.52. The van der Waals surface area contributed by atoms with Crippen molar-refractivity contribution in [3.05, 3.63) is 60.4 Å². The van der Waals surface area contributed by atoms with E-state index in [4.69, 9.17) is 38.5 Å². The van der Waals surface area contributed by atoms with E-state index in [1.807, 2.05) is 6.07 Å². The van der Waals surface area contributed by atoms with Gasteiger partial charge in [0.15, 0.2) is 12.2 Å². The van der Waals surface area contributed by atoms with Gasteiger partial charge in [-0.1, -0.05) is 45.9 Å². The first-order chi connectivity index (χ1) is 24.8. The number of anilines is 1. The van der Waals surface area contributed by atoms with E-state index < -0.39 is 74.1 Å². The van der Waals surface area contributed by atoms with Crippen LogP contribution in [0.5, 0.6) is 5.75 Å². The zero-order valence-electron chi connectivity index (χ0n) is 29.6. The Morgan fingerprint density at radius 1 is 1.00 bits per heavy atom. The molecule has 3 N–H and O–H groups in total. The summed E-state index contributed by atoms with van der Waals surface area (Å²) in [4.78, 5) is 39.4. The molecule has 3 aromatic rings. The topological polar surface area (TPSA) is 212 Å². The summed E-state index contributed by atoms with van der Waals surface area (Å²) in [5.41, 5.74) is 5.15. The molecule has 0 aliphatic carbocycles. The van der Waals surface area contributed by atoms with E-state index in [0.717, 1.165) is 0 Å². The maximum absolute atomic E-state index is 14.5. The number of benzene rings is 1. The lowest BCUT2D eigenvalue weighted by molar-refractivity contribution is -0.173. The van der Waals surface area contributed by atoms with Gasteiger partial charge in [0.2, 0.25) is 5.60 Å². The summed E-state index contributed by atoms with van der Waals surface area (Å²) >= 11 is 0. The fraction of sp³-hybridized carbons (Fsp3) is 0.514. The van der Waals surface area contributed by atoms with Crippen LogP contribution in [0, 0.1) is 23.2 Å². The van der Waals surface area contributed by atoms with E-state index >= 15 is 0 Å². The van der Waals surface area contributed by atoms with Gasteiger partial charge in [0.25, 0.3) is 0 Å². The van der Waals surface area contributed by atoms with Gasteiger partial charge in [0, 0.05) is 19.0 Å². The number of hydrogen-bond acceptors (Lipinski definition) is 14. The number of nitrogens with two attached hydrogens (primary N) is 1. The van der Waals surface area contributed by atoms with Crippen molar-refractivity contribution < 1.29 is 51.7 Å². The maximum atomic E-state index is 14.5. The molecule has 5 rings (SSSR count).